The number of aliphatic carboxylic acids is 1. The van der Waals surface area contributed by atoms with Crippen molar-refractivity contribution in [3.05, 3.63) is 59.7 Å². The van der Waals surface area contributed by atoms with Gasteiger partial charge in [0.05, 0.1) is 0 Å². The fourth-order valence-corrected chi connectivity index (χ4v) is 2.60. The maximum atomic E-state index is 11.5. The molecule has 0 bridgehead atoms. The van der Waals surface area contributed by atoms with Gasteiger partial charge in [-0.2, -0.15) is 0 Å². The third-order valence-electron chi connectivity index (χ3n) is 3.77. The van der Waals surface area contributed by atoms with Crippen molar-refractivity contribution < 1.29 is 19.4 Å². The van der Waals surface area contributed by atoms with E-state index >= 15 is 0 Å². The number of nitrogens with one attached hydrogen (secondary N) is 1. The van der Waals surface area contributed by atoms with Crippen molar-refractivity contribution in [2.75, 3.05) is 13.2 Å². The van der Waals surface area contributed by atoms with Gasteiger partial charge in [-0.3, -0.25) is 10.1 Å². The van der Waals surface area contributed by atoms with E-state index in [-0.39, 0.29) is 0 Å². The number of benzene rings is 2. The van der Waals surface area contributed by atoms with Gasteiger partial charge in [0.2, 0.25) is 0 Å². The molecule has 0 spiro atoms. The fraction of sp³-hybridized carbons (Fsp3) is 0.278. The van der Waals surface area contributed by atoms with Crippen LogP contribution >= 0.6 is 0 Å². The summed E-state index contributed by atoms with van der Waals surface area (Å²) in [5.41, 5.74) is 1.89. The molecule has 0 aliphatic carbocycles. The molecule has 2 aromatic carbocycles. The van der Waals surface area contributed by atoms with Crippen molar-refractivity contribution in [1.82, 2.24) is 5.32 Å². The van der Waals surface area contributed by atoms with Crippen molar-refractivity contribution in [2.45, 2.75) is 19.0 Å². The minimum Gasteiger partial charge on any atom is -0.486 e. The first kappa shape index (κ1) is 15.4. The summed E-state index contributed by atoms with van der Waals surface area (Å²) in [5, 5.41) is 12.5. The summed E-state index contributed by atoms with van der Waals surface area (Å²) >= 11 is 0. The largest absolute Gasteiger partial charge is 0.486 e. The van der Waals surface area contributed by atoms with E-state index in [2.05, 4.69) is 5.32 Å². The summed E-state index contributed by atoms with van der Waals surface area (Å²) < 4.78 is 11.2. The van der Waals surface area contributed by atoms with E-state index in [4.69, 9.17) is 9.47 Å². The number of rotatable bonds is 6. The molecule has 23 heavy (non-hydrogen) atoms. The van der Waals surface area contributed by atoms with Crippen LogP contribution in [0.25, 0.3) is 0 Å². The van der Waals surface area contributed by atoms with E-state index < -0.39 is 12.0 Å². The number of carboxylic acids is 1. The molecular weight excluding hydrogens is 294 g/mol. The normalized spacial score (nSPS) is 14.3. The van der Waals surface area contributed by atoms with Crippen LogP contribution in [0.4, 0.5) is 0 Å². The highest BCUT2D eigenvalue weighted by molar-refractivity contribution is 5.74. The van der Waals surface area contributed by atoms with Crippen LogP contribution in [0.15, 0.2) is 48.5 Å². The number of ether oxygens (including phenoxy) is 2. The maximum absolute atomic E-state index is 11.5. The van der Waals surface area contributed by atoms with Gasteiger partial charge >= 0.3 is 5.97 Å². The Labute approximate surface area is 134 Å². The van der Waals surface area contributed by atoms with Crippen LogP contribution in [0.3, 0.4) is 0 Å². The van der Waals surface area contributed by atoms with Gasteiger partial charge in [-0.05, 0) is 18.1 Å². The van der Waals surface area contributed by atoms with Gasteiger partial charge in [-0.1, -0.05) is 42.5 Å². The van der Waals surface area contributed by atoms with Gasteiger partial charge in [0.25, 0.3) is 0 Å². The molecule has 0 unspecified atom stereocenters. The maximum Gasteiger partial charge on any atom is 0.321 e. The molecule has 1 aliphatic heterocycles. The zero-order chi connectivity index (χ0) is 16.1. The van der Waals surface area contributed by atoms with Crippen molar-refractivity contribution >= 4 is 5.97 Å². The van der Waals surface area contributed by atoms with Crippen molar-refractivity contribution in [3.63, 3.8) is 0 Å². The van der Waals surface area contributed by atoms with Crippen LogP contribution in [-0.4, -0.2) is 30.3 Å². The molecule has 5 heteroatoms. The Balaban J connectivity index is 1.69. The molecule has 120 valence electrons. The second-order valence-electron chi connectivity index (χ2n) is 5.40. The number of carboxylic acid groups (broad SMARTS) is 1. The number of carbonyl (C=O) groups is 1. The lowest BCUT2D eigenvalue weighted by molar-refractivity contribution is -0.139. The smallest absolute Gasteiger partial charge is 0.321 e. The predicted octanol–water partition coefficient (Wildman–Crippen LogP) is 2.24. The second kappa shape index (κ2) is 7.15. The first-order chi connectivity index (χ1) is 11.2. The third-order valence-corrected chi connectivity index (χ3v) is 3.77. The quantitative estimate of drug-likeness (QED) is 0.856. The Kier molecular flexibility index (Phi) is 4.78. The molecule has 2 N–H and O–H groups in total. The zero-order valence-corrected chi connectivity index (χ0v) is 12.7. The summed E-state index contributed by atoms with van der Waals surface area (Å²) in [6, 6.07) is 14.6. The fourth-order valence-electron chi connectivity index (χ4n) is 2.60. The first-order valence-corrected chi connectivity index (χ1v) is 7.61. The standard InChI is InChI=1S/C18H19NO4/c20-18(21)15(11-13-5-2-1-3-6-13)19-12-14-7-4-8-16-17(14)23-10-9-22-16/h1-8,15,19H,9-12H2,(H,20,21)/t15-/m1/s1. The summed E-state index contributed by atoms with van der Waals surface area (Å²) in [5.74, 6) is 0.552. The second-order valence-corrected chi connectivity index (χ2v) is 5.40. The van der Waals surface area contributed by atoms with Crippen LogP contribution in [-0.2, 0) is 17.8 Å². The van der Waals surface area contributed by atoms with Crippen LogP contribution in [0, 0.1) is 0 Å². The van der Waals surface area contributed by atoms with E-state index in [1.54, 1.807) is 0 Å². The molecule has 0 radical (unpaired) electrons. The average Bonchev–Trinajstić information content (AvgIpc) is 2.59. The number of hydrogen-bond acceptors (Lipinski definition) is 4. The molecule has 1 atom stereocenters. The molecule has 0 saturated carbocycles. The van der Waals surface area contributed by atoms with Crippen molar-refractivity contribution in [3.8, 4) is 11.5 Å². The van der Waals surface area contributed by atoms with Gasteiger partial charge in [-0.25, -0.2) is 0 Å². The Hall–Kier alpha value is -2.53. The monoisotopic (exact) mass is 313 g/mol. The highest BCUT2D eigenvalue weighted by Crippen LogP contribution is 2.33. The molecule has 0 fully saturated rings. The summed E-state index contributed by atoms with van der Waals surface area (Å²) in [7, 11) is 0. The topological polar surface area (TPSA) is 67.8 Å². The van der Waals surface area contributed by atoms with Gasteiger partial charge in [0, 0.05) is 12.1 Å². The molecule has 1 aliphatic rings. The first-order valence-electron chi connectivity index (χ1n) is 7.61. The van der Waals surface area contributed by atoms with Crippen molar-refractivity contribution in [2.24, 2.45) is 0 Å². The van der Waals surface area contributed by atoms with E-state index in [1.807, 2.05) is 48.5 Å². The zero-order valence-electron chi connectivity index (χ0n) is 12.7. The molecule has 5 nitrogen and oxygen atoms in total. The minimum atomic E-state index is -0.865. The lowest BCUT2D eigenvalue weighted by atomic mass is 10.1. The predicted molar refractivity (Wildman–Crippen MR) is 85.8 cm³/mol. The summed E-state index contributed by atoms with van der Waals surface area (Å²) in [4.78, 5) is 11.5. The molecule has 0 aromatic heterocycles. The Morgan fingerprint density at radius 3 is 2.65 bits per heavy atom. The van der Waals surface area contributed by atoms with Crippen LogP contribution < -0.4 is 14.8 Å². The SMILES string of the molecule is O=C(O)[C@@H](Cc1ccccc1)NCc1cccc2c1OCCO2. The van der Waals surface area contributed by atoms with Crippen LogP contribution in [0.2, 0.25) is 0 Å². The van der Waals surface area contributed by atoms with Crippen LogP contribution in [0.5, 0.6) is 11.5 Å². The molecule has 0 amide bonds. The number of para-hydroxylation sites is 1. The van der Waals surface area contributed by atoms with E-state index in [9.17, 15) is 9.90 Å². The number of hydrogen-bond donors (Lipinski definition) is 2. The van der Waals surface area contributed by atoms with Gasteiger partial charge in [0.15, 0.2) is 11.5 Å². The highest BCUT2D eigenvalue weighted by Gasteiger charge is 2.20. The van der Waals surface area contributed by atoms with Gasteiger partial charge < -0.3 is 14.6 Å². The lowest BCUT2D eigenvalue weighted by Gasteiger charge is -2.22. The van der Waals surface area contributed by atoms with Gasteiger partial charge in [0.1, 0.15) is 19.3 Å². The lowest BCUT2D eigenvalue weighted by Crippen LogP contribution is -2.38. The molecule has 0 saturated heterocycles. The Bertz CT molecular complexity index is 672. The molecule has 3 rings (SSSR count). The molecule has 1 heterocycles. The van der Waals surface area contributed by atoms with E-state index in [0.29, 0.717) is 37.7 Å². The third kappa shape index (κ3) is 3.81. The summed E-state index contributed by atoms with van der Waals surface area (Å²) in [6.07, 6.45) is 0.433. The van der Waals surface area contributed by atoms with E-state index in [1.165, 1.54) is 0 Å². The molecular formula is C18H19NO4. The number of fused-ring (bicyclic) bond motifs is 1. The minimum absolute atomic E-state index is 0.413. The Morgan fingerprint density at radius 1 is 1.09 bits per heavy atom. The summed E-state index contributed by atoms with van der Waals surface area (Å²) in [6.45, 7) is 1.46. The highest BCUT2D eigenvalue weighted by atomic mass is 16.6. The average molecular weight is 313 g/mol. The molecule has 2 aromatic rings. The Morgan fingerprint density at radius 2 is 1.87 bits per heavy atom. The van der Waals surface area contributed by atoms with Crippen LogP contribution in [0.1, 0.15) is 11.1 Å². The van der Waals surface area contributed by atoms with E-state index in [0.717, 1.165) is 11.1 Å². The van der Waals surface area contributed by atoms with Crippen molar-refractivity contribution in [1.29, 1.82) is 0 Å². The van der Waals surface area contributed by atoms with Gasteiger partial charge in [-0.15, -0.1) is 0 Å².